The summed E-state index contributed by atoms with van der Waals surface area (Å²) in [7, 11) is 0. The molecule has 1 aliphatic heterocycles. The minimum atomic E-state index is -4.44. The smallest absolute Gasteiger partial charge is 0.368 e. The second-order valence-electron chi connectivity index (χ2n) is 7.95. The number of para-hydroxylation sites is 1. The van der Waals surface area contributed by atoms with Crippen LogP contribution in [-0.2, 0) is 6.18 Å². The van der Waals surface area contributed by atoms with Crippen LogP contribution in [0, 0.1) is 5.92 Å². The molecular formula is C22H22ClF3N6O. The summed E-state index contributed by atoms with van der Waals surface area (Å²) in [6.45, 7) is 2.95. The van der Waals surface area contributed by atoms with Gasteiger partial charge in [0.05, 0.1) is 34.6 Å². The summed E-state index contributed by atoms with van der Waals surface area (Å²) < 4.78 is 38.4. The first-order valence-electron chi connectivity index (χ1n) is 10.5. The fraction of sp³-hybridized carbons (Fsp3) is 0.364. The molecular weight excluding hydrogens is 457 g/mol. The zero-order valence-electron chi connectivity index (χ0n) is 17.8. The van der Waals surface area contributed by atoms with Gasteiger partial charge in [-0.2, -0.15) is 23.4 Å². The molecule has 4 rings (SSSR count). The Balaban J connectivity index is 1.56. The van der Waals surface area contributed by atoms with Crippen LogP contribution in [-0.4, -0.2) is 49.9 Å². The Morgan fingerprint density at radius 1 is 1.21 bits per heavy atom. The van der Waals surface area contributed by atoms with Gasteiger partial charge in [0.1, 0.15) is 11.5 Å². The number of carbonyl (C=O) groups excluding carboxylic acids is 1. The van der Waals surface area contributed by atoms with Crippen molar-refractivity contribution in [2.24, 2.45) is 5.92 Å². The summed E-state index contributed by atoms with van der Waals surface area (Å²) in [5.74, 6) is 0.288. The highest BCUT2D eigenvalue weighted by Crippen LogP contribution is 2.31. The van der Waals surface area contributed by atoms with Crippen LogP contribution < -0.4 is 5.32 Å². The average Bonchev–Trinajstić information content (AvgIpc) is 3.31. The summed E-state index contributed by atoms with van der Waals surface area (Å²) in [6.07, 6.45) is 1.14. The molecule has 1 N–H and O–H groups in total. The van der Waals surface area contributed by atoms with Gasteiger partial charge >= 0.3 is 6.18 Å². The van der Waals surface area contributed by atoms with Crippen molar-refractivity contribution in [2.75, 3.05) is 18.4 Å². The molecule has 1 fully saturated rings. The summed E-state index contributed by atoms with van der Waals surface area (Å²) in [5, 5.41) is 11.7. The SMILES string of the molecule is C[C@@H]1CCCN(C(=O)c2cccc(Cl)c2-n2nccn2)C1CNc1ccc(C(F)(F)F)cn1. The Morgan fingerprint density at radius 2 is 1.97 bits per heavy atom. The Labute approximate surface area is 193 Å². The first kappa shape index (κ1) is 23.0. The van der Waals surface area contributed by atoms with Crippen molar-refractivity contribution in [3.63, 3.8) is 0 Å². The van der Waals surface area contributed by atoms with E-state index in [0.717, 1.165) is 25.1 Å². The summed E-state index contributed by atoms with van der Waals surface area (Å²) in [5.41, 5.74) is -0.0226. The van der Waals surface area contributed by atoms with Gasteiger partial charge in [-0.3, -0.25) is 4.79 Å². The molecule has 2 atom stereocenters. The number of anilines is 1. The van der Waals surface area contributed by atoms with Crippen molar-refractivity contribution >= 4 is 23.3 Å². The molecule has 1 amide bonds. The number of hydrogen-bond donors (Lipinski definition) is 1. The lowest BCUT2D eigenvalue weighted by molar-refractivity contribution is -0.137. The van der Waals surface area contributed by atoms with Gasteiger partial charge in [0.25, 0.3) is 5.91 Å². The molecule has 0 saturated carbocycles. The van der Waals surface area contributed by atoms with Crippen molar-refractivity contribution in [2.45, 2.75) is 32.0 Å². The van der Waals surface area contributed by atoms with E-state index in [0.29, 0.717) is 35.2 Å². The number of likely N-dealkylation sites (tertiary alicyclic amines) is 1. The normalized spacial score (nSPS) is 18.9. The van der Waals surface area contributed by atoms with Gasteiger partial charge in [-0.05, 0) is 43.0 Å². The maximum atomic E-state index is 13.6. The largest absolute Gasteiger partial charge is 0.417 e. The lowest BCUT2D eigenvalue weighted by Crippen LogP contribution is -2.51. The van der Waals surface area contributed by atoms with Crippen LogP contribution in [0.1, 0.15) is 35.7 Å². The van der Waals surface area contributed by atoms with Crippen molar-refractivity contribution in [3.05, 3.63) is 65.1 Å². The number of carbonyl (C=O) groups is 1. The number of halogens is 4. The van der Waals surface area contributed by atoms with Crippen LogP contribution in [0.4, 0.5) is 19.0 Å². The van der Waals surface area contributed by atoms with Crippen LogP contribution in [0.5, 0.6) is 0 Å². The van der Waals surface area contributed by atoms with Crippen molar-refractivity contribution in [3.8, 4) is 5.69 Å². The molecule has 2 aromatic heterocycles. The van der Waals surface area contributed by atoms with Gasteiger partial charge in [-0.1, -0.05) is 24.6 Å². The number of rotatable bonds is 5. The molecule has 33 heavy (non-hydrogen) atoms. The number of hydrogen-bond acceptors (Lipinski definition) is 5. The second-order valence-corrected chi connectivity index (χ2v) is 8.36. The monoisotopic (exact) mass is 478 g/mol. The first-order valence-corrected chi connectivity index (χ1v) is 10.9. The van der Waals surface area contributed by atoms with Crippen LogP contribution in [0.25, 0.3) is 5.69 Å². The fourth-order valence-electron chi connectivity index (χ4n) is 4.06. The predicted octanol–water partition coefficient (Wildman–Crippen LogP) is 4.69. The minimum absolute atomic E-state index is 0.176. The molecule has 1 aliphatic rings. The van der Waals surface area contributed by atoms with E-state index in [-0.39, 0.29) is 17.9 Å². The van der Waals surface area contributed by atoms with Crippen LogP contribution in [0.3, 0.4) is 0 Å². The van der Waals surface area contributed by atoms with E-state index < -0.39 is 11.7 Å². The van der Waals surface area contributed by atoms with Gasteiger partial charge in [0.2, 0.25) is 0 Å². The minimum Gasteiger partial charge on any atom is -0.368 e. The van der Waals surface area contributed by atoms with Gasteiger partial charge in [0, 0.05) is 19.3 Å². The van der Waals surface area contributed by atoms with E-state index in [1.807, 2.05) is 0 Å². The molecule has 0 bridgehead atoms. The molecule has 0 spiro atoms. The Hall–Kier alpha value is -3.14. The van der Waals surface area contributed by atoms with Gasteiger partial charge in [0.15, 0.2) is 0 Å². The molecule has 0 radical (unpaired) electrons. The van der Waals surface area contributed by atoms with Crippen molar-refractivity contribution in [1.29, 1.82) is 0 Å². The average molecular weight is 479 g/mol. The number of alkyl halides is 3. The predicted molar refractivity (Wildman–Crippen MR) is 117 cm³/mol. The van der Waals surface area contributed by atoms with Crippen LogP contribution >= 0.6 is 11.6 Å². The third-order valence-electron chi connectivity index (χ3n) is 5.80. The fourth-order valence-corrected chi connectivity index (χ4v) is 4.32. The number of benzene rings is 1. The summed E-state index contributed by atoms with van der Waals surface area (Å²) in [6, 6.07) is 7.15. The number of nitrogens with one attached hydrogen (secondary N) is 1. The first-order chi connectivity index (χ1) is 15.8. The number of aromatic nitrogens is 4. The van der Waals surface area contributed by atoms with E-state index in [9.17, 15) is 18.0 Å². The molecule has 3 aromatic rings. The zero-order valence-corrected chi connectivity index (χ0v) is 18.5. The molecule has 1 aromatic carbocycles. The van der Waals surface area contributed by atoms with E-state index >= 15 is 0 Å². The molecule has 3 heterocycles. The highest BCUT2D eigenvalue weighted by Gasteiger charge is 2.34. The van der Waals surface area contributed by atoms with Crippen molar-refractivity contribution < 1.29 is 18.0 Å². The Bertz CT molecular complexity index is 1100. The topological polar surface area (TPSA) is 75.9 Å². The molecule has 0 aliphatic carbocycles. The van der Waals surface area contributed by atoms with E-state index in [1.54, 1.807) is 23.1 Å². The summed E-state index contributed by atoms with van der Waals surface area (Å²) in [4.78, 5) is 20.6. The standard InChI is InChI=1S/C22H22ClF3N6O/c1-14-4-3-11-31(18(14)13-28-19-8-7-15(12-27-19)22(24,25)26)21(33)16-5-2-6-17(23)20(16)32-29-9-10-30-32/h2,5-10,12,14,18H,3-4,11,13H2,1H3,(H,27,28)/t14-,18?/m1/s1. The highest BCUT2D eigenvalue weighted by atomic mass is 35.5. The lowest BCUT2D eigenvalue weighted by atomic mass is 9.90. The third kappa shape index (κ3) is 4.95. The van der Waals surface area contributed by atoms with Crippen LogP contribution in [0.15, 0.2) is 48.9 Å². The maximum absolute atomic E-state index is 13.6. The highest BCUT2D eigenvalue weighted by molar-refractivity contribution is 6.33. The van der Waals surface area contributed by atoms with Gasteiger partial charge in [-0.25, -0.2) is 4.98 Å². The Kier molecular flexibility index (Phi) is 6.55. The van der Waals surface area contributed by atoms with E-state index in [1.165, 1.54) is 23.3 Å². The van der Waals surface area contributed by atoms with E-state index in [4.69, 9.17) is 11.6 Å². The molecule has 7 nitrogen and oxygen atoms in total. The number of amides is 1. The molecule has 174 valence electrons. The number of nitrogens with zero attached hydrogens (tertiary/aromatic N) is 5. The quantitative estimate of drug-likeness (QED) is 0.576. The number of pyridine rings is 1. The molecule has 11 heteroatoms. The number of piperidine rings is 1. The van der Waals surface area contributed by atoms with Crippen LogP contribution in [0.2, 0.25) is 5.02 Å². The maximum Gasteiger partial charge on any atom is 0.417 e. The van der Waals surface area contributed by atoms with Gasteiger partial charge < -0.3 is 10.2 Å². The summed E-state index contributed by atoms with van der Waals surface area (Å²) >= 11 is 6.38. The Morgan fingerprint density at radius 3 is 2.64 bits per heavy atom. The van der Waals surface area contributed by atoms with E-state index in [2.05, 4.69) is 27.4 Å². The zero-order chi connectivity index (χ0) is 23.6. The van der Waals surface area contributed by atoms with Crippen molar-refractivity contribution in [1.82, 2.24) is 24.9 Å². The second kappa shape index (κ2) is 9.38. The third-order valence-corrected chi connectivity index (χ3v) is 6.10. The van der Waals surface area contributed by atoms with Gasteiger partial charge in [-0.15, -0.1) is 4.80 Å². The molecule has 1 saturated heterocycles. The molecule has 1 unspecified atom stereocenters. The lowest BCUT2D eigenvalue weighted by Gasteiger charge is -2.40.